The maximum absolute atomic E-state index is 6.14. The van der Waals surface area contributed by atoms with Gasteiger partial charge < -0.3 is 0 Å². The van der Waals surface area contributed by atoms with Crippen molar-refractivity contribution in [2.75, 3.05) is 0 Å². The van der Waals surface area contributed by atoms with Gasteiger partial charge in [-0.25, -0.2) is 0 Å². The summed E-state index contributed by atoms with van der Waals surface area (Å²) in [4.78, 5) is 0. The summed E-state index contributed by atoms with van der Waals surface area (Å²) >= 11 is 12.2. The molecule has 0 amide bonds. The molecule has 1 saturated carbocycles. The fraction of sp³-hybridized carbons (Fsp3) is 0.333. The van der Waals surface area contributed by atoms with Gasteiger partial charge in [0.25, 0.3) is 0 Å². The number of rotatable bonds is 3. The van der Waals surface area contributed by atoms with Crippen molar-refractivity contribution in [3.63, 3.8) is 0 Å². The number of hydrogen-bond donors (Lipinski definition) is 0. The first-order valence-corrected chi connectivity index (χ1v) is 6.33. The van der Waals surface area contributed by atoms with Gasteiger partial charge in [-0.3, -0.25) is 4.57 Å². The number of nitrogens with zero attached hydrogens (tertiary/aromatic N) is 3. The first-order valence-electron chi connectivity index (χ1n) is 5.57. The van der Waals surface area contributed by atoms with Gasteiger partial charge >= 0.3 is 0 Å². The SMILES string of the molecule is Clc1ccccc1Cn1c(Cl)nnc1C1CC1. The highest BCUT2D eigenvalue weighted by molar-refractivity contribution is 6.31. The first kappa shape index (κ1) is 11.1. The van der Waals surface area contributed by atoms with Crippen LogP contribution in [0.3, 0.4) is 0 Å². The molecular formula is C12H11Cl2N3. The van der Waals surface area contributed by atoms with Crippen molar-refractivity contribution in [3.8, 4) is 0 Å². The van der Waals surface area contributed by atoms with E-state index >= 15 is 0 Å². The van der Waals surface area contributed by atoms with Crippen molar-refractivity contribution in [2.45, 2.75) is 25.3 Å². The third kappa shape index (κ3) is 2.17. The third-order valence-electron chi connectivity index (χ3n) is 2.96. The minimum absolute atomic E-state index is 0.437. The minimum atomic E-state index is 0.437. The van der Waals surface area contributed by atoms with Gasteiger partial charge in [0, 0.05) is 10.9 Å². The normalized spacial score (nSPS) is 15.2. The van der Waals surface area contributed by atoms with Crippen molar-refractivity contribution in [1.29, 1.82) is 0 Å². The Balaban J connectivity index is 1.94. The average molecular weight is 268 g/mol. The van der Waals surface area contributed by atoms with Gasteiger partial charge in [-0.1, -0.05) is 29.8 Å². The van der Waals surface area contributed by atoms with Crippen LogP contribution in [0.25, 0.3) is 0 Å². The van der Waals surface area contributed by atoms with E-state index in [4.69, 9.17) is 23.2 Å². The summed E-state index contributed by atoms with van der Waals surface area (Å²) in [6.45, 7) is 0.636. The van der Waals surface area contributed by atoms with Crippen LogP contribution in [0.2, 0.25) is 10.3 Å². The van der Waals surface area contributed by atoms with E-state index in [0.717, 1.165) is 16.4 Å². The Morgan fingerprint density at radius 1 is 1.18 bits per heavy atom. The maximum atomic E-state index is 6.14. The summed E-state index contributed by atoms with van der Waals surface area (Å²) < 4.78 is 1.94. The summed E-state index contributed by atoms with van der Waals surface area (Å²) in [6, 6.07) is 7.76. The second-order valence-electron chi connectivity index (χ2n) is 4.28. The highest BCUT2D eigenvalue weighted by Crippen LogP contribution is 2.39. The van der Waals surface area contributed by atoms with Crippen molar-refractivity contribution in [3.05, 3.63) is 46.0 Å². The molecule has 88 valence electrons. The van der Waals surface area contributed by atoms with E-state index in [1.54, 1.807) is 0 Å². The Morgan fingerprint density at radius 3 is 2.65 bits per heavy atom. The lowest BCUT2D eigenvalue weighted by Crippen LogP contribution is -2.05. The van der Waals surface area contributed by atoms with E-state index in [1.807, 2.05) is 28.8 Å². The Labute approximate surface area is 109 Å². The molecule has 0 spiro atoms. The molecule has 5 heteroatoms. The fourth-order valence-corrected chi connectivity index (χ4v) is 2.26. The maximum Gasteiger partial charge on any atom is 0.225 e. The van der Waals surface area contributed by atoms with Crippen LogP contribution in [0, 0.1) is 0 Å². The van der Waals surface area contributed by atoms with E-state index in [9.17, 15) is 0 Å². The highest BCUT2D eigenvalue weighted by Gasteiger charge is 2.30. The van der Waals surface area contributed by atoms with E-state index in [2.05, 4.69) is 10.2 Å². The molecule has 0 atom stereocenters. The minimum Gasteiger partial charge on any atom is -0.297 e. The zero-order valence-corrected chi connectivity index (χ0v) is 10.6. The van der Waals surface area contributed by atoms with E-state index < -0.39 is 0 Å². The molecule has 1 heterocycles. The molecule has 3 rings (SSSR count). The van der Waals surface area contributed by atoms with Gasteiger partial charge in [0.2, 0.25) is 5.28 Å². The van der Waals surface area contributed by atoms with Gasteiger partial charge in [-0.05, 0) is 36.1 Å². The molecule has 1 fully saturated rings. The molecular weight excluding hydrogens is 257 g/mol. The molecule has 0 radical (unpaired) electrons. The van der Waals surface area contributed by atoms with Gasteiger partial charge in [-0.15, -0.1) is 10.2 Å². The topological polar surface area (TPSA) is 30.7 Å². The van der Waals surface area contributed by atoms with Gasteiger partial charge in [0.15, 0.2) is 0 Å². The summed E-state index contributed by atoms with van der Waals surface area (Å²) in [6.07, 6.45) is 2.36. The molecule has 1 aromatic carbocycles. The van der Waals surface area contributed by atoms with E-state index in [-0.39, 0.29) is 0 Å². The van der Waals surface area contributed by atoms with Crippen LogP contribution in [0.5, 0.6) is 0 Å². The number of halogens is 2. The van der Waals surface area contributed by atoms with E-state index in [1.165, 1.54) is 12.8 Å². The van der Waals surface area contributed by atoms with Crippen LogP contribution in [-0.4, -0.2) is 14.8 Å². The molecule has 0 N–H and O–H groups in total. The van der Waals surface area contributed by atoms with Gasteiger partial charge in [0.05, 0.1) is 6.54 Å². The smallest absolute Gasteiger partial charge is 0.225 e. The third-order valence-corrected chi connectivity index (χ3v) is 3.61. The van der Waals surface area contributed by atoms with Crippen LogP contribution in [-0.2, 0) is 6.54 Å². The monoisotopic (exact) mass is 267 g/mol. The zero-order valence-electron chi connectivity index (χ0n) is 9.11. The van der Waals surface area contributed by atoms with Crippen LogP contribution >= 0.6 is 23.2 Å². The molecule has 0 bridgehead atoms. The Morgan fingerprint density at radius 2 is 1.94 bits per heavy atom. The Bertz CT molecular complexity index is 546. The zero-order chi connectivity index (χ0) is 11.8. The molecule has 1 aliphatic rings. The number of hydrogen-bond acceptors (Lipinski definition) is 2. The lowest BCUT2D eigenvalue weighted by Gasteiger charge is -2.08. The molecule has 1 aromatic heterocycles. The molecule has 2 aromatic rings. The summed E-state index contributed by atoms with van der Waals surface area (Å²) in [7, 11) is 0. The van der Waals surface area contributed by atoms with Crippen LogP contribution in [0.15, 0.2) is 24.3 Å². The highest BCUT2D eigenvalue weighted by atomic mass is 35.5. The summed E-state index contributed by atoms with van der Waals surface area (Å²) in [5, 5.41) is 9.27. The van der Waals surface area contributed by atoms with Gasteiger partial charge in [0.1, 0.15) is 5.82 Å². The fourth-order valence-electron chi connectivity index (χ4n) is 1.88. The predicted molar refractivity (Wildman–Crippen MR) is 67.6 cm³/mol. The lowest BCUT2D eigenvalue weighted by atomic mass is 10.2. The predicted octanol–water partition coefficient (Wildman–Crippen LogP) is 3.51. The van der Waals surface area contributed by atoms with Crippen LogP contribution in [0.1, 0.15) is 30.1 Å². The quantitative estimate of drug-likeness (QED) is 0.852. The van der Waals surface area contributed by atoms with Crippen molar-refractivity contribution >= 4 is 23.2 Å². The second-order valence-corrected chi connectivity index (χ2v) is 5.02. The molecule has 1 aliphatic carbocycles. The largest absolute Gasteiger partial charge is 0.297 e. The molecule has 3 nitrogen and oxygen atoms in total. The van der Waals surface area contributed by atoms with Crippen molar-refractivity contribution in [2.24, 2.45) is 0 Å². The van der Waals surface area contributed by atoms with Crippen LogP contribution < -0.4 is 0 Å². The first-order chi connectivity index (χ1) is 8.25. The molecule has 0 unspecified atom stereocenters. The number of benzene rings is 1. The van der Waals surface area contributed by atoms with Crippen molar-refractivity contribution < 1.29 is 0 Å². The second kappa shape index (κ2) is 4.31. The standard InChI is InChI=1S/C12H11Cl2N3/c13-10-4-2-1-3-9(10)7-17-11(8-5-6-8)15-16-12(17)14/h1-4,8H,5-7H2. The van der Waals surface area contributed by atoms with Gasteiger partial charge in [-0.2, -0.15) is 0 Å². The average Bonchev–Trinajstić information content (AvgIpc) is 3.09. The molecule has 0 aliphatic heterocycles. The number of aromatic nitrogens is 3. The van der Waals surface area contributed by atoms with Crippen LogP contribution in [0.4, 0.5) is 0 Å². The molecule has 17 heavy (non-hydrogen) atoms. The van der Waals surface area contributed by atoms with E-state index in [0.29, 0.717) is 17.7 Å². The lowest BCUT2D eigenvalue weighted by molar-refractivity contribution is 0.727. The Hall–Kier alpha value is -1.06. The Kier molecular flexibility index (Phi) is 2.81. The summed E-state index contributed by atoms with van der Waals surface area (Å²) in [5.41, 5.74) is 1.04. The molecule has 0 saturated heterocycles. The van der Waals surface area contributed by atoms with Crippen molar-refractivity contribution in [1.82, 2.24) is 14.8 Å². The summed E-state index contributed by atoms with van der Waals surface area (Å²) in [5.74, 6) is 1.51.